The van der Waals surface area contributed by atoms with Gasteiger partial charge in [-0.3, -0.25) is 0 Å². The van der Waals surface area contributed by atoms with Crippen LogP contribution in [0.3, 0.4) is 0 Å². The average Bonchev–Trinajstić information content (AvgIpc) is 2.39. The van der Waals surface area contributed by atoms with Gasteiger partial charge in [0.15, 0.2) is 0 Å². The average molecular weight is 169 g/mol. The highest BCUT2D eigenvalue weighted by atomic mass is 28.3. The summed E-state index contributed by atoms with van der Waals surface area (Å²) in [6.45, 7) is 11.3. The lowest BCUT2D eigenvalue weighted by Crippen LogP contribution is -2.39. The van der Waals surface area contributed by atoms with Gasteiger partial charge in [0.2, 0.25) is 0 Å². The van der Waals surface area contributed by atoms with Crippen LogP contribution in [-0.4, -0.2) is 32.2 Å². The largest absolute Gasteiger partial charge is 0.306 e. The Hall–Kier alpha value is -0.0831. The van der Waals surface area contributed by atoms with Crippen molar-refractivity contribution in [1.82, 2.24) is 4.90 Å². The van der Waals surface area contributed by atoms with E-state index < -0.39 is 8.07 Å². The molecule has 0 unspecified atom stereocenters. The number of rotatable bonds is 3. The van der Waals surface area contributed by atoms with Crippen molar-refractivity contribution in [3.8, 4) is 0 Å². The van der Waals surface area contributed by atoms with E-state index in [0.29, 0.717) is 0 Å². The Morgan fingerprint density at radius 3 is 2.36 bits per heavy atom. The Labute approximate surface area is 71.1 Å². The van der Waals surface area contributed by atoms with E-state index >= 15 is 0 Å². The molecule has 1 rings (SSSR count). The third-order valence-electron chi connectivity index (χ3n) is 2.38. The fourth-order valence-corrected chi connectivity index (χ4v) is 3.18. The molecule has 11 heavy (non-hydrogen) atoms. The van der Waals surface area contributed by atoms with Crippen molar-refractivity contribution < 1.29 is 0 Å². The molecule has 0 aliphatic carbocycles. The predicted octanol–water partition coefficient (Wildman–Crippen LogP) is 2.05. The second-order valence-corrected chi connectivity index (χ2v) is 8.88. The van der Waals surface area contributed by atoms with Crippen molar-refractivity contribution in [2.24, 2.45) is 0 Å². The zero-order chi connectivity index (χ0) is 8.32. The molecule has 0 N–H and O–H groups in total. The molecule has 64 valence electrons. The van der Waals surface area contributed by atoms with E-state index in [1.807, 2.05) is 0 Å². The topological polar surface area (TPSA) is 3.24 Å². The van der Waals surface area contributed by atoms with Crippen molar-refractivity contribution in [3.63, 3.8) is 0 Å². The predicted molar refractivity (Wildman–Crippen MR) is 53.4 cm³/mol. The molecule has 1 heterocycles. The minimum atomic E-state index is -1.05. The first kappa shape index (κ1) is 9.01. The van der Waals surface area contributed by atoms with E-state index in [1.54, 1.807) is 0 Å². The molecule has 1 aliphatic rings. The summed E-state index contributed by atoms with van der Waals surface area (Å²) in [4.78, 5) is 2.59. The maximum absolute atomic E-state index is 3.91. The second-order valence-electron chi connectivity index (χ2n) is 4.18. The highest BCUT2D eigenvalue weighted by Crippen LogP contribution is 2.12. The lowest BCUT2D eigenvalue weighted by molar-refractivity contribution is 0.390. The standard InChI is InChI=1S/C9H19NSi/c1-4-11(2,3)9-10-7-5-6-8-10/h4H,1,5-9H2,2-3H3. The van der Waals surface area contributed by atoms with Crippen molar-refractivity contribution in [3.05, 3.63) is 12.3 Å². The number of hydrogen-bond acceptors (Lipinski definition) is 1. The van der Waals surface area contributed by atoms with Crippen LogP contribution in [0.2, 0.25) is 13.1 Å². The Morgan fingerprint density at radius 1 is 1.36 bits per heavy atom. The quantitative estimate of drug-likeness (QED) is 0.585. The molecule has 0 amide bonds. The molecule has 1 fully saturated rings. The summed E-state index contributed by atoms with van der Waals surface area (Å²) in [6.07, 6.45) is 4.12. The molecule has 1 aliphatic heterocycles. The Morgan fingerprint density at radius 2 is 1.91 bits per heavy atom. The van der Waals surface area contributed by atoms with Crippen molar-refractivity contribution in [1.29, 1.82) is 0 Å². The fourth-order valence-electron chi connectivity index (χ4n) is 1.58. The number of nitrogens with zero attached hydrogens (tertiary/aromatic N) is 1. The van der Waals surface area contributed by atoms with Gasteiger partial charge in [0.05, 0.1) is 8.07 Å². The van der Waals surface area contributed by atoms with Crippen LogP contribution in [-0.2, 0) is 0 Å². The summed E-state index contributed by atoms with van der Waals surface area (Å²) in [6, 6.07) is 0. The molecule has 0 saturated carbocycles. The Kier molecular flexibility index (Phi) is 2.90. The van der Waals surface area contributed by atoms with Crippen molar-refractivity contribution in [2.45, 2.75) is 25.9 Å². The van der Waals surface area contributed by atoms with Crippen molar-refractivity contribution in [2.75, 3.05) is 19.3 Å². The first-order chi connectivity index (χ1) is 5.14. The van der Waals surface area contributed by atoms with E-state index in [1.165, 1.54) is 32.1 Å². The normalized spacial score (nSPS) is 20.5. The van der Waals surface area contributed by atoms with Gasteiger partial charge in [0.25, 0.3) is 0 Å². The lowest BCUT2D eigenvalue weighted by atomic mass is 10.4. The van der Waals surface area contributed by atoms with E-state index in [0.717, 1.165) is 0 Å². The maximum Gasteiger partial charge on any atom is 0.0854 e. The molecule has 1 nitrogen and oxygen atoms in total. The summed E-state index contributed by atoms with van der Waals surface area (Å²) >= 11 is 0. The second kappa shape index (κ2) is 3.54. The molecule has 0 atom stereocenters. The number of likely N-dealkylation sites (tertiary alicyclic amines) is 1. The first-order valence-electron chi connectivity index (χ1n) is 4.50. The summed E-state index contributed by atoms with van der Waals surface area (Å²) in [5, 5.41) is 0. The van der Waals surface area contributed by atoms with Crippen LogP contribution in [0.1, 0.15) is 12.8 Å². The van der Waals surface area contributed by atoms with Crippen LogP contribution >= 0.6 is 0 Å². The molecular weight excluding hydrogens is 150 g/mol. The minimum absolute atomic E-state index is 1.05. The molecule has 0 spiro atoms. The SMILES string of the molecule is C=C[Si](C)(C)CN1CCCC1. The van der Waals surface area contributed by atoms with Crippen LogP contribution in [0.4, 0.5) is 0 Å². The molecule has 0 aromatic carbocycles. The summed E-state index contributed by atoms with van der Waals surface area (Å²) < 4.78 is 0. The van der Waals surface area contributed by atoms with Gasteiger partial charge in [0.1, 0.15) is 0 Å². The zero-order valence-electron chi connectivity index (χ0n) is 7.77. The number of hydrogen-bond donors (Lipinski definition) is 0. The smallest absolute Gasteiger partial charge is 0.0854 e. The maximum atomic E-state index is 3.91. The van der Waals surface area contributed by atoms with Gasteiger partial charge in [-0.25, -0.2) is 0 Å². The van der Waals surface area contributed by atoms with Crippen LogP contribution in [0.15, 0.2) is 12.3 Å². The highest BCUT2D eigenvalue weighted by molar-refractivity contribution is 6.82. The minimum Gasteiger partial charge on any atom is -0.306 e. The van der Waals surface area contributed by atoms with Gasteiger partial charge in [-0.05, 0) is 32.1 Å². The van der Waals surface area contributed by atoms with E-state index in [4.69, 9.17) is 0 Å². The first-order valence-corrected chi connectivity index (χ1v) is 7.78. The molecule has 0 aromatic rings. The van der Waals surface area contributed by atoms with Gasteiger partial charge in [0, 0.05) is 0 Å². The zero-order valence-corrected chi connectivity index (χ0v) is 8.77. The van der Waals surface area contributed by atoms with Crippen LogP contribution in [0.5, 0.6) is 0 Å². The van der Waals surface area contributed by atoms with Gasteiger partial charge < -0.3 is 4.90 Å². The van der Waals surface area contributed by atoms with Gasteiger partial charge >= 0.3 is 0 Å². The third kappa shape index (κ3) is 2.79. The molecule has 2 heteroatoms. The van der Waals surface area contributed by atoms with Gasteiger partial charge in [-0.1, -0.05) is 13.1 Å². The van der Waals surface area contributed by atoms with E-state index in [9.17, 15) is 0 Å². The fraction of sp³-hybridized carbons (Fsp3) is 0.778. The third-order valence-corrected chi connectivity index (χ3v) is 4.75. The van der Waals surface area contributed by atoms with Crippen molar-refractivity contribution >= 4 is 8.07 Å². The summed E-state index contributed by atoms with van der Waals surface area (Å²) in [5.41, 5.74) is 2.20. The van der Waals surface area contributed by atoms with Gasteiger partial charge in [-0.2, -0.15) is 0 Å². The molecule has 1 saturated heterocycles. The van der Waals surface area contributed by atoms with Gasteiger partial charge in [-0.15, -0.1) is 12.3 Å². The summed E-state index contributed by atoms with van der Waals surface area (Å²) in [7, 11) is -1.05. The summed E-state index contributed by atoms with van der Waals surface area (Å²) in [5.74, 6) is 0. The van der Waals surface area contributed by atoms with E-state index in [2.05, 4.69) is 30.3 Å². The molecule has 0 radical (unpaired) electrons. The Balaban J connectivity index is 2.33. The highest BCUT2D eigenvalue weighted by Gasteiger charge is 2.22. The van der Waals surface area contributed by atoms with Crippen LogP contribution in [0.25, 0.3) is 0 Å². The lowest BCUT2D eigenvalue weighted by Gasteiger charge is -2.24. The molecule has 0 aromatic heterocycles. The molecule has 0 bridgehead atoms. The molecular formula is C9H19NSi. The van der Waals surface area contributed by atoms with Crippen LogP contribution < -0.4 is 0 Å². The Bertz CT molecular complexity index is 136. The van der Waals surface area contributed by atoms with E-state index in [-0.39, 0.29) is 0 Å². The monoisotopic (exact) mass is 169 g/mol. The van der Waals surface area contributed by atoms with Crippen LogP contribution in [0, 0.1) is 0 Å².